The lowest BCUT2D eigenvalue weighted by atomic mass is 10.2. The molecular weight excluding hydrogens is 626 g/mol. The Balaban J connectivity index is 0.000000250. The van der Waals surface area contributed by atoms with Gasteiger partial charge in [-0.1, -0.05) is 11.6 Å². The molecule has 11 nitrogen and oxygen atoms in total. The van der Waals surface area contributed by atoms with Crippen LogP contribution >= 0.6 is 11.6 Å². The second kappa shape index (κ2) is 16.2. The molecular formula is C32H33ClF2N4O7. The van der Waals surface area contributed by atoms with E-state index >= 15 is 0 Å². The summed E-state index contributed by atoms with van der Waals surface area (Å²) in [5.41, 5.74) is 2.00. The molecule has 0 saturated heterocycles. The average Bonchev–Trinajstić information content (AvgIpc) is 3.00. The SMILES string of the molecule is CCOC(=O)c1cc(F)c(=O)[nH]c1Nc1cc(C)cc(OC)c1.CCOC(=O)c1cc(F)c(Cl)nc1Nc1cc(C)cc(OC)c1. The Morgan fingerprint density at radius 2 is 1.28 bits per heavy atom. The van der Waals surface area contributed by atoms with Crippen molar-refractivity contribution in [1.82, 2.24) is 9.97 Å². The van der Waals surface area contributed by atoms with Crippen molar-refractivity contribution in [1.29, 1.82) is 0 Å². The second-order valence-corrected chi connectivity index (χ2v) is 9.92. The third kappa shape index (κ3) is 9.41. The second-order valence-electron chi connectivity index (χ2n) is 9.56. The Morgan fingerprint density at radius 3 is 1.80 bits per heavy atom. The van der Waals surface area contributed by atoms with Gasteiger partial charge in [-0.25, -0.2) is 23.4 Å². The third-order valence-electron chi connectivity index (χ3n) is 6.02. The van der Waals surface area contributed by atoms with Gasteiger partial charge in [-0.3, -0.25) is 4.79 Å². The average molecular weight is 659 g/mol. The number of carbonyl (C=O) groups is 2. The first-order valence-electron chi connectivity index (χ1n) is 13.9. The first kappa shape index (κ1) is 35.3. The van der Waals surface area contributed by atoms with E-state index in [9.17, 15) is 23.2 Å². The van der Waals surface area contributed by atoms with Gasteiger partial charge in [-0.2, -0.15) is 0 Å². The molecule has 0 spiro atoms. The van der Waals surface area contributed by atoms with Gasteiger partial charge in [0.25, 0.3) is 5.56 Å². The topological polar surface area (TPSA) is 141 Å². The first-order chi connectivity index (χ1) is 21.9. The highest BCUT2D eigenvalue weighted by atomic mass is 35.5. The summed E-state index contributed by atoms with van der Waals surface area (Å²) in [6.45, 7) is 7.37. The van der Waals surface area contributed by atoms with Crippen molar-refractivity contribution in [2.75, 3.05) is 38.1 Å². The van der Waals surface area contributed by atoms with E-state index < -0.39 is 29.1 Å². The minimum Gasteiger partial charge on any atom is -0.497 e. The fourth-order valence-electron chi connectivity index (χ4n) is 4.06. The number of anilines is 4. The van der Waals surface area contributed by atoms with Gasteiger partial charge >= 0.3 is 11.9 Å². The van der Waals surface area contributed by atoms with Crippen molar-refractivity contribution < 1.29 is 37.3 Å². The maximum Gasteiger partial charge on any atom is 0.342 e. The number of aromatic amines is 1. The molecule has 4 aromatic rings. The molecule has 0 radical (unpaired) electrons. The number of pyridine rings is 2. The summed E-state index contributed by atoms with van der Waals surface area (Å²) in [4.78, 5) is 41.6. The zero-order valence-electron chi connectivity index (χ0n) is 26.0. The van der Waals surface area contributed by atoms with Crippen LogP contribution in [-0.2, 0) is 9.47 Å². The molecule has 46 heavy (non-hydrogen) atoms. The zero-order valence-corrected chi connectivity index (χ0v) is 26.7. The smallest absolute Gasteiger partial charge is 0.342 e. The van der Waals surface area contributed by atoms with Crippen molar-refractivity contribution in [2.24, 2.45) is 0 Å². The number of hydrogen-bond acceptors (Lipinski definition) is 10. The summed E-state index contributed by atoms with van der Waals surface area (Å²) in [6.07, 6.45) is 0. The molecule has 0 amide bonds. The van der Waals surface area contributed by atoms with Crippen LogP contribution in [0.3, 0.4) is 0 Å². The molecule has 0 bridgehead atoms. The molecule has 2 aromatic heterocycles. The maximum absolute atomic E-state index is 13.6. The number of halogens is 3. The van der Waals surface area contributed by atoms with E-state index in [1.165, 1.54) is 7.11 Å². The quantitative estimate of drug-likeness (QED) is 0.122. The molecule has 0 aliphatic rings. The molecule has 0 aliphatic heterocycles. The summed E-state index contributed by atoms with van der Waals surface area (Å²) >= 11 is 5.72. The van der Waals surface area contributed by atoms with Crippen molar-refractivity contribution in [3.8, 4) is 11.5 Å². The van der Waals surface area contributed by atoms with Crippen LogP contribution in [0.2, 0.25) is 5.15 Å². The van der Waals surface area contributed by atoms with Gasteiger partial charge in [0.15, 0.2) is 16.8 Å². The van der Waals surface area contributed by atoms with Gasteiger partial charge in [0.1, 0.15) is 34.3 Å². The lowest BCUT2D eigenvalue weighted by Crippen LogP contribution is -2.18. The number of esters is 2. The molecule has 0 unspecified atom stereocenters. The lowest BCUT2D eigenvalue weighted by Gasteiger charge is -2.13. The van der Waals surface area contributed by atoms with E-state index in [0.29, 0.717) is 22.9 Å². The molecule has 0 saturated carbocycles. The summed E-state index contributed by atoms with van der Waals surface area (Å²) in [5.74, 6) is -1.84. The predicted octanol–water partition coefficient (Wildman–Crippen LogP) is 6.86. The van der Waals surface area contributed by atoms with Gasteiger partial charge in [-0.05, 0) is 75.2 Å². The highest BCUT2D eigenvalue weighted by Gasteiger charge is 2.19. The Labute approximate surface area is 268 Å². The van der Waals surface area contributed by atoms with Crippen LogP contribution in [0.25, 0.3) is 0 Å². The van der Waals surface area contributed by atoms with Crippen LogP contribution in [0.5, 0.6) is 11.5 Å². The van der Waals surface area contributed by atoms with Crippen LogP contribution in [0.15, 0.2) is 53.3 Å². The summed E-state index contributed by atoms with van der Waals surface area (Å²) in [5, 5.41) is 5.51. The molecule has 2 aromatic carbocycles. The van der Waals surface area contributed by atoms with Gasteiger partial charge in [0.2, 0.25) is 0 Å². The summed E-state index contributed by atoms with van der Waals surface area (Å²) in [6, 6.07) is 12.6. The molecule has 0 aliphatic carbocycles. The standard InChI is InChI=1S/C16H16ClFN2O3.C16H17FN2O4/c1-4-23-16(21)12-8-13(18)14(17)20-15(12)19-10-5-9(2)6-11(7-10)22-3;1-4-23-16(21)12-8-13(17)15(20)19-14(12)18-10-5-9(2)6-11(7-10)22-3/h5-8H,4H2,1-3H3,(H,19,20);5-8H,4H2,1-3H3,(H2,18,19,20). The third-order valence-corrected chi connectivity index (χ3v) is 6.29. The van der Waals surface area contributed by atoms with E-state index in [1.807, 2.05) is 32.0 Å². The molecule has 2 heterocycles. The number of H-pyrrole nitrogens is 1. The van der Waals surface area contributed by atoms with Gasteiger partial charge < -0.3 is 34.6 Å². The number of aromatic nitrogens is 2. The largest absolute Gasteiger partial charge is 0.497 e. The van der Waals surface area contributed by atoms with Crippen molar-refractivity contribution in [3.05, 3.63) is 97.9 Å². The van der Waals surface area contributed by atoms with Crippen LogP contribution in [-0.4, -0.2) is 49.3 Å². The van der Waals surface area contributed by atoms with Gasteiger partial charge in [0, 0.05) is 23.5 Å². The Bertz CT molecular complexity index is 1780. The first-order valence-corrected chi connectivity index (χ1v) is 14.2. The van der Waals surface area contributed by atoms with Crippen molar-refractivity contribution in [2.45, 2.75) is 27.7 Å². The van der Waals surface area contributed by atoms with Crippen molar-refractivity contribution >= 4 is 46.6 Å². The van der Waals surface area contributed by atoms with E-state index in [2.05, 4.69) is 20.6 Å². The highest BCUT2D eigenvalue weighted by molar-refractivity contribution is 6.29. The Hall–Kier alpha value is -5.17. The minimum atomic E-state index is -1.06. The Morgan fingerprint density at radius 1 is 0.783 bits per heavy atom. The minimum absolute atomic E-state index is 0.0331. The number of aryl methyl sites for hydroxylation is 2. The van der Waals surface area contributed by atoms with Crippen LogP contribution in [0.4, 0.5) is 31.8 Å². The number of rotatable bonds is 10. The monoisotopic (exact) mass is 658 g/mol. The Kier molecular flexibility index (Phi) is 12.5. The van der Waals surface area contributed by atoms with Crippen LogP contribution < -0.4 is 25.7 Å². The number of benzene rings is 2. The zero-order chi connectivity index (χ0) is 34.0. The van der Waals surface area contributed by atoms with E-state index in [1.54, 1.807) is 39.2 Å². The molecule has 244 valence electrons. The van der Waals surface area contributed by atoms with E-state index in [-0.39, 0.29) is 41.1 Å². The molecule has 0 fully saturated rings. The van der Waals surface area contributed by atoms with E-state index in [0.717, 1.165) is 23.3 Å². The number of ether oxygens (including phenoxy) is 4. The molecule has 4 rings (SSSR count). The summed E-state index contributed by atoms with van der Waals surface area (Å²) < 4.78 is 47.3. The van der Waals surface area contributed by atoms with E-state index in [4.69, 9.17) is 30.5 Å². The number of hydrogen-bond donors (Lipinski definition) is 3. The van der Waals surface area contributed by atoms with Crippen LogP contribution in [0, 0.1) is 25.5 Å². The molecule has 3 N–H and O–H groups in total. The van der Waals surface area contributed by atoms with Gasteiger partial charge in [0.05, 0.1) is 27.4 Å². The fourth-order valence-corrected chi connectivity index (χ4v) is 4.20. The molecule has 14 heteroatoms. The molecule has 0 atom stereocenters. The number of carbonyl (C=O) groups excluding carboxylic acids is 2. The predicted molar refractivity (Wildman–Crippen MR) is 170 cm³/mol. The van der Waals surface area contributed by atoms with Crippen LogP contribution in [0.1, 0.15) is 45.7 Å². The summed E-state index contributed by atoms with van der Waals surface area (Å²) in [7, 11) is 3.08. The number of nitrogens with one attached hydrogen (secondary N) is 3. The highest BCUT2D eigenvalue weighted by Crippen LogP contribution is 2.28. The fraction of sp³-hybridized carbons (Fsp3) is 0.250. The maximum atomic E-state index is 13.6. The number of nitrogens with zero attached hydrogens (tertiary/aromatic N) is 1. The van der Waals surface area contributed by atoms with Crippen molar-refractivity contribution in [3.63, 3.8) is 0 Å². The lowest BCUT2D eigenvalue weighted by molar-refractivity contribution is 0.0517. The normalized spacial score (nSPS) is 10.3. The number of methoxy groups -OCH3 is 2. The van der Waals surface area contributed by atoms with Gasteiger partial charge in [-0.15, -0.1) is 0 Å².